The summed E-state index contributed by atoms with van der Waals surface area (Å²) in [7, 11) is 1.50. The van der Waals surface area contributed by atoms with E-state index in [1.165, 1.54) is 19.2 Å². The van der Waals surface area contributed by atoms with Crippen molar-refractivity contribution in [3.05, 3.63) is 64.7 Å². The minimum atomic E-state index is -1.11. The number of aromatic carboxylic acids is 1. The molecule has 7 heteroatoms. The molecule has 2 rings (SSSR count). The molecule has 0 heterocycles. The van der Waals surface area contributed by atoms with Gasteiger partial charge < -0.3 is 20.5 Å². The largest absolute Gasteiger partial charge is 0.478 e. The summed E-state index contributed by atoms with van der Waals surface area (Å²) in [6.07, 6.45) is 0. The third kappa shape index (κ3) is 6.43. The standard InChI is InChI=1S/C22H26N2O5/c1-22(2,3)17-7-5-15(6-8-17)20(26)23-12-19(25)24-18-10-14(13-29-4)9-16(11-18)21(27)28/h5-11H,12-13H2,1-4H3,(H,23,26)(H,24,25)(H,27,28). The lowest BCUT2D eigenvalue weighted by Crippen LogP contribution is -2.33. The monoisotopic (exact) mass is 398 g/mol. The first-order valence-electron chi connectivity index (χ1n) is 9.15. The van der Waals surface area contributed by atoms with Gasteiger partial charge in [-0.25, -0.2) is 4.79 Å². The van der Waals surface area contributed by atoms with Crippen molar-refractivity contribution < 1.29 is 24.2 Å². The van der Waals surface area contributed by atoms with Crippen LogP contribution in [-0.4, -0.2) is 36.5 Å². The van der Waals surface area contributed by atoms with Gasteiger partial charge >= 0.3 is 5.97 Å². The van der Waals surface area contributed by atoms with Crippen molar-refractivity contribution in [1.29, 1.82) is 0 Å². The molecule has 29 heavy (non-hydrogen) atoms. The Morgan fingerprint density at radius 2 is 1.66 bits per heavy atom. The van der Waals surface area contributed by atoms with Crippen LogP contribution in [0.2, 0.25) is 0 Å². The lowest BCUT2D eigenvalue weighted by molar-refractivity contribution is -0.115. The van der Waals surface area contributed by atoms with Crippen LogP contribution < -0.4 is 10.6 Å². The zero-order chi connectivity index (χ0) is 21.6. The van der Waals surface area contributed by atoms with Crippen LogP contribution in [0, 0.1) is 0 Å². The van der Waals surface area contributed by atoms with Gasteiger partial charge in [0.1, 0.15) is 0 Å². The molecule has 2 aromatic carbocycles. The highest BCUT2D eigenvalue weighted by molar-refractivity contribution is 6.00. The lowest BCUT2D eigenvalue weighted by atomic mass is 9.87. The van der Waals surface area contributed by atoms with Crippen molar-refractivity contribution in [3.8, 4) is 0 Å². The highest BCUT2D eigenvalue weighted by Crippen LogP contribution is 2.22. The second-order valence-electron chi connectivity index (χ2n) is 7.71. The maximum Gasteiger partial charge on any atom is 0.335 e. The third-order valence-electron chi connectivity index (χ3n) is 4.26. The molecule has 0 fully saturated rings. The van der Waals surface area contributed by atoms with Crippen LogP contribution in [0.3, 0.4) is 0 Å². The van der Waals surface area contributed by atoms with Crippen LogP contribution in [0.1, 0.15) is 52.6 Å². The number of carbonyl (C=O) groups is 3. The summed E-state index contributed by atoms with van der Waals surface area (Å²) in [5, 5.41) is 14.4. The normalized spacial score (nSPS) is 11.0. The van der Waals surface area contributed by atoms with Gasteiger partial charge in [-0.05, 0) is 46.9 Å². The first-order chi connectivity index (χ1) is 13.6. The van der Waals surface area contributed by atoms with Crippen molar-refractivity contribution in [2.45, 2.75) is 32.8 Å². The Labute approximate surface area is 170 Å². The minimum Gasteiger partial charge on any atom is -0.478 e. The Morgan fingerprint density at radius 1 is 1.00 bits per heavy atom. The molecule has 154 valence electrons. The van der Waals surface area contributed by atoms with E-state index in [1.807, 2.05) is 12.1 Å². The molecule has 0 aliphatic heterocycles. The molecule has 3 N–H and O–H groups in total. The van der Waals surface area contributed by atoms with Gasteiger partial charge in [0, 0.05) is 18.4 Å². The summed E-state index contributed by atoms with van der Waals surface area (Å²) in [5.41, 5.74) is 2.54. The number of carboxylic acids is 1. The number of nitrogens with one attached hydrogen (secondary N) is 2. The summed E-state index contributed by atoms with van der Waals surface area (Å²) < 4.78 is 5.02. The fourth-order valence-electron chi connectivity index (χ4n) is 2.73. The van der Waals surface area contributed by atoms with Gasteiger partial charge in [-0.15, -0.1) is 0 Å². The minimum absolute atomic E-state index is 0.0128. The van der Waals surface area contributed by atoms with Crippen LogP contribution in [0.4, 0.5) is 5.69 Å². The molecule has 2 aromatic rings. The van der Waals surface area contributed by atoms with Crippen LogP contribution in [0.25, 0.3) is 0 Å². The average molecular weight is 398 g/mol. The highest BCUT2D eigenvalue weighted by Gasteiger charge is 2.15. The number of ether oxygens (including phenoxy) is 1. The number of rotatable bonds is 7. The number of hydrogen-bond donors (Lipinski definition) is 3. The molecule has 0 aliphatic carbocycles. The Bertz CT molecular complexity index is 898. The van der Waals surface area contributed by atoms with E-state index in [4.69, 9.17) is 4.74 Å². The van der Waals surface area contributed by atoms with Crippen molar-refractivity contribution in [2.75, 3.05) is 19.0 Å². The van der Waals surface area contributed by atoms with Crippen molar-refractivity contribution >= 4 is 23.5 Å². The predicted molar refractivity (Wildman–Crippen MR) is 110 cm³/mol. The van der Waals surface area contributed by atoms with Crippen molar-refractivity contribution in [2.24, 2.45) is 0 Å². The van der Waals surface area contributed by atoms with Crippen LogP contribution in [-0.2, 0) is 21.6 Å². The number of anilines is 1. The van der Waals surface area contributed by atoms with Crippen LogP contribution in [0.15, 0.2) is 42.5 Å². The van der Waals surface area contributed by atoms with Crippen molar-refractivity contribution in [1.82, 2.24) is 5.32 Å². The highest BCUT2D eigenvalue weighted by atomic mass is 16.5. The summed E-state index contributed by atoms with van der Waals surface area (Å²) >= 11 is 0. The molecule has 0 saturated heterocycles. The Hall–Kier alpha value is -3.19. The quantitative estimate of drug-likeness (QED) is 0.664. The third-order valence-corrected chi connectivity index (χ3v) is 4.26. The fourth-order valence-corrected chi connectivity index (χ4v) is 2.73. The van der Waals surface area contributed by atoms with E-state index in [0.29, 0.717) is 16.8 Å². The second-order valence-corrected chi connectivity index (χ2v) is 7.71. The first-order valence-corrected chi connectivity index (χ1v) is 9.15. The number of carboxylic acid groups (broad SMARTS) is 1. The molecule has 0 bridgehead atoms. The van der Waals surface area contributed by atoms with Crippen molar-refractivity contribution in [3.63, 3.8) is 0 Å². The zero-order valence-corrected chi connectivity index (χ0v) is 17.0. The average Bonchev–Trinajstić information content (AvgIpc) is 2.65. The number of amides is 2. The van der Waals surface area contributed by atoms with Gasteiger partial charge in [0.15, 0.2) is 0 Å². The van der Waals surface area contributed by atoms with Gasteiger partial charge in [0.05, 0.1) is 18.7 Å². The lowest BCUT2D eigenvalue weighted by Gasteiger charge is -2.19. The Kier molecular flexibility index (Phi) is 7.12. The maximum absolute atomic E-state index is 12.3. The summed E-state index contributed by atoms with van der Waals surface area (Å²) in [4.78, 5) is 35.7. The molecular formula is C22H26N2O5. The molecule has 0 aromatic heterocycles. The smallest absolute Gasteiger partial charge is 0.335 e. The van der Waals surface area contributed by atoms with Gasteiger partial charge in [-0.2, -0.15) is 0 Å². The van der Waals surface area contributed by atoms with Crippen LogP contribution >= 0.6 is 0 Å². The van der Waals surface area contributed by atoms with Gasteiger partial charge in [0.2, 0.25) is 5.91 Å². The molecule has 0 unspecified atom stereocenters. The van der Waals surface area contributed by atoms with E-state index in [9.17, 15) is 19.5 Å². The summed E-state index contributed by atoms with van der Waals surface area (Å²) in [5.74, 6) is -1.93. The van der Waals surface area contributed by atoms with E-state index < -0.39 is 11.9 Å². The molecule has 0 spiro atoms. The molecule has 0 saturated carbocycles. The van der Waals surface area contributed by atoms with Gasteiger partial charge in [-0.3, -0.25) is 9.59 Å². The summed E-state index contributed by atoms with van der Waals surface area (Å²) in [6.45, 7) is 6.24. The summed E-state index contributed by atoms with van der Waals surface area (Å²) in [6, 6.07) is 11.7. The second kappa shape index (κ2) is 9.34. The van der Waals surface area contributed by atoms with Gasteiger partial charge in [0.25, 0.3) is 5.91 Å². The van der Waals surface area contributed by atoms with E-state index in [0.717, 1.165) is 5.56 Å². The molecule has 2 amide bonds. The molecular weight excluding hydrogens is 372 g/mol. The van der Waals surface area contributed by atoms with E-state index in [-0.39, 0.29) is 30.0 Å². The SMILES string of the molecule is COCc1cc(NC(=O)CNC(=O)c2ccc(C(C)(C)C)cc2)cc(C(=O)O)c1. The maximum atomic E-state index is 12.3. The molecule has 0 aliphatic rings. The number of hydrogen-bond acceptors (Lipinski definition) is 4. The molecule has 0 atom stereocenters. The Morgan fingerprint density at radius 3 is 2.21 bits per heavy atom. The molecule has 7 nitrogen and oxygen atoms in total. The topological polar surface area (TPSA) is 105 Å². The Balaban J connectivity index is 1.99. The van der Waals surface area contributed by atoms with E-state index >= 15 is 0 Å². The van der Waals surface area contributed by atoms with Gasteiger partial charge in [-0.1, -0.05) is 32.9 Å². The predicted octanol–water partition coefficient (Wildman–Crippen LogP) is 3.20. The number of carbonyl (C=O) groups excluding carboxylic acids is 2. The van der Waals surface area contributed by atoms with E-state index in [2.05, 4.69) is 31.4 Å². The molecule has 0 radical (unpaired) electrons. The zero-order valence-electron chi connectivity index (χ0n) is 17.0. The number of benzene rings is 2. The van der Waals surface area contributed by atoms with E-state index in [1.54, 1.807) is 18.2 Å². The van der Waals surface area contributed by atoms with Crippen LogP contribution in [0.5, 0.6) is 0 Å². The fraction of sp³-hybridized carbons (Fsp3) is 0.318. The number of methoxy groups -OCH3 is 1. The first kappa shape index (κ1) is 22.1.